The average molecular weight is 161 g/mol. The lowest BCUT2D eigenvalue weighted by molar-refractivity contribution is 0.0291. The number of alkyl halides is 1. The molecular weight excluding hydrogens is 145 g/mol. The number of rotatable bonds is 2. The van der Waals surface area contributed by atoms with Crippen molar-refractivity contribution in [1.29, 1.82) is 0 Å². The first-order chi connectivity index (χ1) is 5.16. The van der Waals surface area contributed by atoms with Crippen molar-refractivity contribution in [2.45, 2.75) is 31.7 Å². The molecule has 0 amide bonds. The summed E-state index contributed by atoms with van der Waals surface area (Å²) in [5, 5.41) is 0. The molecule has 0 N–H and O–H groups in total. The maximum atomic E-state index is 13.2. The molecule has 1 aliphatic rings. The second-order valence-electron chi connectivity index (χ2n) is 3.22. The van der Waals surface area contributed by atoms with E-state index in [4.69, 9.17) is 4.74 Å². The van der Waals surface area contributed by atoms with Crippen LogP contribution in [-0.4, -0.2) is 43.9 Å². The number of methoxy groups -OCH3 is 1. The van der Waals surface area contributed by atoms with Gasteiger partial charge in [0.05, 0.1) is 12.1 Å². The van der Waals surface area contributed by atoms with E-state index in [9.17, 15) is 4.39 Å². The summed E-state index contributed by atoms with van der Waals surface area (Å²) in [5.41, 5.74) is 0. The summed E-state index contributed by atoms with van der Waals surface area (Å²) in [6, 6.07) is -0.0417. The zero-order valence-corrected chi connectivity index (χ0v) is 7.38. The predicted molar refractivity (Wildman–Crippen MR) is 42.4 cm³/mol. The molecule has 66 valence electrons. The van der Waals surface area contributed by atoms with E-state index in [1.54, 1.807) is 7.11 Å². The van der Waals surface area contributed by atoms with Crippen LogP contribution in [0.5, 0.6) is 0 Å². The lowest BCUT2D eigenvalue weighted by atomic mass is 10.1. The molecule has 2 nitrogen and oxygen atoms in total. The van der Waals surface area contributed by atoms with Gasteiger partial charge >= 0.3 is 0 Å². The van der Waals surface area contributed by atoms with Crippen molar-refractivity contribution in [3.05, 3.63) is 0 Å². The fourth-order valence-corrected chi connectivity index (χ4v) is 1.71. The molecular formula is C8H16FNO. The lowest BCUT2D eigenvalue weighted by Gasteiger charge is -2.26. The Kier molecular flexibility index (Phi) is 2.84. The molecule has 0 bridgehead atoms. The summed E-state index contributed by atoms with van der Waals surface area (Å²) in [6.07, 6.45) is -0.0676. The highest BCUT2D eigenvalue weighted by atomic mass is 19.1. The molecule has 0 unspecified atom stereocenters. The number of likely N-dealkylation sites (N-methyl/N-ethyl adjacent to an activating group) is 1. The highest BCUT2D eigenvalue weighted by Crippen LogP contribution is 2.22. The molecule has 3 atom stereocenters. The third kappa shape index (κ3) is 1.71. The van der Waals surface area contributed by atoms with Gasteiger partial charge in [0.1, 0.15) is 6.17 Å². The van der Waals surface area contributed by atoms with Gasteiger partial charge in [0.2, 0.25) is 0 Å². The first-order valence-corrected chi connectivity index (χ1v) is 4.04. The molecule has 11 heavy (non-hydrogen) atoms. The molecule has 0 spiro atoms. The summed E-state index contributed by atoms with van der Waals surface area (Å²) >= 11 is 0. The minimum Gasteiger partial charge on any atom is -0.380 e. The van der Waals surface area contributed by atoms with Gasteiger partial charge < -0.3 is 4.74 Å². The van der Waals surface area contributed by atoms with Crippen LogP contribution in [-0.2, 0) is 4.74 Å². The molecule has 1 fully saturated rings. The molecule has 0 aromatic carbocycles. The zero-order chi connectivity index (χ0) is 8.43. The lowest BCUT2D eigenvalue weighted by Crippen LogP contribution is -2.40. The molecule has 3 heteroatoms. The summed E-state index contributed by atoms with van der Waals surface area (Å²) in [7, 11) is 3.57. The molecule has 0 aromatic rings. The molecule has 0 radical (unpaired) electrons. The van der Waals surface area contributed by atoms with Crippen molar-refractivity contribution in [2.75, 3.05) is 20.7 Å². The molecule has 0 saturated carbocycles. The van der Waals surface area contributed by atoms with Gasteiger partial charge in [0.15, 0.2) is 0 Å². The van der Waals surface area contributed by atoms with Crippen LogP contribution in [0.25, 0.3) is 0 Å². The fourth-order valence-electron chi connectivity index (χ4n) is 1.71. The van der Waals surface area contributed by atoms with E-state index in [1.165, 1.54) is 0 Å². The largest absolute Gasteiger partial charge is 0.380 e. The van der Waals surface area contributed by atoms with E-state index in [2.05, 4.69) is 0 Å². The highest BCUT2D eigenvalue weighted by molar-refractivity contribution is 4.89. The second-order valence-corrected chi connectivity index (χ2v) is 3.22. The quantitative estimate of drug-likeness (QED) is 0.600. The molecule has 1 rings (SSSR count). The molecule has 0 aliphatic carbocycles. The van der Waals surface area contributed by atoms with Gasteiger partial charge in [0.25, 0.3) is 0 Å². The van der Waals surface area contributed by atoms with E-state index >= 15 is 0 Å². The summed E-state index contributed by atoms with van der Waals surface area (Å²) in [6.45, 7) is 2.76. The van der Waals surface area contributed by atoms with Gasteiger partial charge in [0, 0.05) is 13.7 Å². The smallest absolute Gasteiger partial charge is 0.119 e. The molecule has 1 heterocycles. The summed E-state index contributed by atoms with van der Waals surface area (Å²) < 4.78 is 18.2. The van der Waals surface area contributed by atoms with Crippen LogP contribution in [0.2, 0.25) is 0 Å². The van der Waals surface area contributed by atoms with Gasteiger partial charge in [-0.25, -0.2) is 4.39 Å². The Balaban J connectivity index is 2.53. The van der Waals surface area contributed by atoms with Crippen molar-refractivity contribution in [3.63, 3.8) is 0 Å². The van der Waals surface area contributed by atoms with Gasteiger partial charge in [-0.1, -0.05) is 0 Å². The number of halogens is 1. The topological polar surface area (TPSA) is 12.5 Å². The maximum Gasteiger partial charge on any atom is 0.119 e. The Morgan fingerprint density at radius 1 is 1.64 bits per heavy atom. The van der Waals surface area contributed by atoms with Gasteiger partial charge in [-0.15, -0.1) is 0 Å². The van der Waals surface area contributed by atoms with Crippen molar-refractivity contribution in [1.82, 2.24) is 4.90 Å². The fraction of sp³-hybridized carbons (Fsp3) is 1.00. The van der Waals surface area contributed by atoms with Gasteiger partial charge in [-0.05, 0) is 20.4 Å². The first-order valence-electron chi connectivity index (χ1n) is 4.04. The Morgan fingerprint density at radius 3 is 2.64 bits per heavy atom. The third-order valence-corrected chi connectivity index (χ3v) is 2.49. The van der Waals surface area contributed by atoms with Crippen molar-refractivity contribution >= 4 is 0 Å². The number of ether oxygens (including phenoxy) is 1. The van der Waals surface area contributed by atoms with E-state index in [1.807, 2.05) is 18.9 Å². The Morgan fingerprint density at radius 2 is 2.27 bits per heavy atom. The summed E-state index contributed by atoms with van der Waals surface area (Å²) in [4.78, 5) is 2.03. The minimum absolute atomic E-state index is 0.00231. The van der Waals surface area contributed by atoms with Crippen LogP contribution in [0.4, 0.5) is 4.39 Å². The molecule has 1 aliphatic heterocycles. The minimum atomic E-state index is -0.713. The number of likely N-dealkylation sites (tertiary alicyclic amines) is 1. The van der Waals surface area contributed by atoms with Crippen molar-refractivity contribution in [2.24, 2.45) is 0 Å². The van der Waals surface area contributed by atoms with Crippen LogP contribution in [0.1, 0.15) is 13.3 Å². The number of hydrogen-bond acceptors (Lipinski definition) is 2. The third-order valence-electron chi connectivity index (χ3n) is 2.49. The van der Waals surface area contributed by atoms with Gasteiger partial charge in [-0.3, -0.25) is 4.90 Å². The zero-order valence-electron chi connectivity index (χ0n) is 7.38. The second kappa shape index (κ2) is 3.50. The van der Waals surface area contributed by atoms with E-state index < -0.39 is 6.17 Å². The Bertz CT molecular complexity index is 121. The Hall–Kier alpha value is -0.150. The van der Waals surface area contributed by atoms with Crippen molar-refractivity contribution in [3.8, 4) is 0 Å². The van der Waals surface area contributed by atoms with Crippen LogP contribution in [0.3, 0.4) is 0 Å². The van der Waals surface area contributed by atoms with Crippen LogP contribution >= 0.6 is 0 Å². The standard InChI is InChI=1S/C8H16FNO/c1-6(11-3)8-7(9)4-5-10(8)2/h6-8H,4-5H2,1-3H3/t6-,7-,8+/m0/s1. The van der Waals surface area contributed by atoms with Gasteiger partial charge in [-0.2, -0.15) is 0 Å². The van der Waals surface area contributed by atoms with Crippen LogP contribution in [0.15, 0.2) is 0 Å². The maximum absolute atomic E-state index is 13.2. The normalized spacial score (nSPS) is 36.0. The van der Waals surface area contributed by atoms with Crippen molar-refractivity contribution < 1.29 is 9.13 Å². The number of hydrogen-bond donors (Lipinski definition) is 0. The predicted octanol–water partition coefficient (Wildman–Crippen LogP) is 1.06. The van der Waals surface area contributed by atoms with Crippen LogP contribution in [0, 0.1) is 0 Å². The number of nitrogens with zero attached hydrogens (tertiary/aromatic N) is 1. The van der Waals surface area contributed by atoms with E-state index in [-0.39, 0.29) is 12.1 Å². The SMILES string of the molecule is CO[C@@H](C)[C@@H]1[C@@H](F)CCN1C. The molecule has 0 aromatic heterocycles. The molecule has 1 saturated heterocycles. The summed E-state index contributed by atoms with van der Waals surface area (Å²) in [5.74, 6) is 0. The van der Waals surface area contributed by atoms with E-state index in [0.717, 1.165) is 6.54 Å². The average Bonchev–Trinajstić information content (AvgIpc) is 2.30. The highest BCUT2D eigenvalue weighted by Gasteiger charge is 2.35. The van der Waals surface area contributed by atoms with Crippen LogP contribution < -0.4 is 0 Å². The van der Waals surface area contributed by atoms with E-state index in [0.29, 0.717) is 6.42 Å². The monoisotopic (exact) mass is 161 g/mol. The Labute approximate surface area is 67.3 Å². The first kappa shape index (κ1) is 8.94.